The minimum Gasteiger partial charge on any atom is -0.497 e. The van der Waals surface area contributed by atoms with Crippen LogP contribution >= 0.6 is 0 Å². The molecule has 7 heteroatoms. The first-order valence-corrected chi connectivity index (χ1v) is 12.7. The molecule has 192 valence electrons. The number of ether oxygens (including phenoxy) is 1. The second-order valence-corrected chi connectivity index (χ2v) is 10.1. The zero-order valence-corrected chi connectivity index (χ0v) is 22.0. The van der Waals surface area contributed by atoms with Crippen LogP contribution in [0.1, 0.15) is 48.4 Å². The molecule has 0 saturated carbocycles. The van der Waals surface area contributed by atoms with E-state index in [1.54, 1.807) is 7.11 Å². The Morgan fingerprint density at radius 3 is 2.58 bits per heavy atom. The number of fused-ring (bicyclic) bond motifs is 2. The maximum atomic E-state index is 13.9. The van der Waals surface area contributed by atoms with Gasteiger partial charge in [-0.05, 0) is 62.7 Å². The SMILES string of the molecule is COc1ccc2oc(C(=O)N3CCN(C)CCCN(C(=O)CC(C)C)c4ccccc4C3)c(C)c2c1. The lowest BCUT2D eigenvalue weighted by Gasteiger charge is -2.28. The topological polar surface area (TPSA) is 66.2 Å². The number of methoxy groups -OCH3 is 1. The van der Waals surface area contributed by atoms with Crippen LogP contribution in [-0.4, -0.2) is 62.0 Å². The number of aryl methyl sites for hydroxylation is 1. The average Bonchev–Trinajstić information content (AvgIpc) is 3.17. The lowest BCUT2D eigenvalue weighted by atomic mass is 10.1. The van der Waals surface area contributed by atoms with Gasteiger partial charge in [-0.1, -0.05) is 32.0 Å². The monoisotopic (exact) mass is 491 g/mol. The van der Waals surface area contributed by atoms with Gasteiger partial charge in [-0.15, -0.1) is 0 Å². The summed E-state index contributed by atoms with van der Waals surface area (Å²) in [6.45, 7) is 9.24. The molecule has 0 aliphatic carbocycles. The Balaban J connectivity index is 1.71. The van der Waals surface area contributed by atoms with Gasteiger partial charge >= 0.3 is 0 Å². The van der Waals surface area contributed by atoms with Crippen molar-refractivity contribution < 1.29 is 18.7 Å². The molecule has 1 aromatic heterocycles. The Morgan fingerprint density at radius 1 is 1.06 bits per heavy atom. The molecule has 1 aliphatic heterocycles. The standard InChI is InChI=1S/C29H37N3O4/c1-20(2)17-27(33)32-14-8-13-30(4)15-16-31(19-22-9-6-7-10-25(22)32)29(34)28-21(3)24-18-23(35-5)11-12-26(24)36-28/h6-7,9-12,18,20H,8,13-17,19H2,1-5H3. The number of carbonyl (C=O) groups excluding carboxylic acids is 2. The van der Waals surface area contributed by atoms with Gasteiger partial charge in [0.05, 0.1) is 7.11 Å². The molecule has 3 aromatic rings. The molecule has 36 heavy (non-hydrogen) atoms. The third-order valence-corrected chi connectivity index (χ3v) is 6.83. The summed E-state index contributed by atoms with van der Waals surface area (Å²) >= 11 is 0. The minimum absolute atomic E-state index is 0.124. The summed E-state index contributed by atoms with van der Waals surface area (Å²) in [6, 6.07) is 13.5. The van der Waals surface area contributed by atoms with E-state index in [4.69, 9.17) is 9.15 Å². The van der Waals surface area contributed by atoms with Gasteiger partial charge in [0.1, 0.15) is 11.3 Å². The molecule has 0 unspecified atom stereocenters. The highest BCUT2D eigenvalue weighted by atomic mass is 16.5. The van der Waals surface area contributed by atoms with E-state index in [0.717, 1.165) is 47.5 Å². The van der Waals surface area contributed by atoms with Crippen LogP contribution in [0, 0.1) is 12.8 Å². The third-order valence-electron chi connectivity index (χ3n) is 6.83. The first-order chi connectivity index (χ1) is 17.3. The summed E-state index contributed by atoms with van der Waals surface area (Å²) < 4.78 is 11.4. The van der Waals surface area contributed by atoms with Crippen molar-refractivity contribution >= 4 is 28.5 Å². The Morgan fingerprint density at radius 2 is 1.83 bits per heavy atom. The summed E-state index contributed by atoms with van der Waals surface area (Å²) in [6.07, 6.45) is 1.36. The smallest absolute Gasteiger partial charge is 0.290 e. The number of rotatable bonds is 4. The molecule has 2 heterocycles. The predicted octanol–water partition coefficient (Wildman–Crippen LogP) is 5.11. The van der Waals surface area contributed by atoms with E-state index in [-0.39, 0.29) is 17.7 Å². The Hall–Kier alpha value is -3.32. The van der Waals surface area contributed by atoms with Crippen LogP contribution in [0.3, 0.4) is 0 Å². The van der Waals surface area contributed by atoms with Gasteiger partial charge < -0.3 is 23.9 Å². The molecule has 0 spiro atoms. The van der Waals surface area contributed by atoms with Crippen LogP contribution in [0.5, 0.6) is 5.75 Å². The van der Waals surface area contributed by atoms with Crippen molar-refractivity contribution in [3.05, 3.63) is 59.4 Å². The normalized spacial score (nSPS) is 15.6. The third kappa shape index (κ3) is 5.57. The van der Waals surface area contributed by atoms with Crippen LogP contribution in [0.4, 0.5) is 5.69 Å². The zero-order chi connectivity index (χ0) is 25.8. The highest BCUT2D eigenvalue weighted by Gasteiger charge is 2.27. The van der Waals surface area contributed by atoms with Crippen molar-refractivity contribution in [2.75, 3.05) is 45.2 Å². The summed E-state index contributed by atoms with van der Waals surface area (Å²) in [4.78, 5) is 33.1. The fourth-order valence-electron chi connectivity index (χ4n) is 4.78. The number of para-hydroxylation sites is 1. The summed E-state index contributed by atoms with van der Waals surface area (Å²) in [7, 11) is 3.69. The van der Waals surface area contributed by atoms with E-state index in [1.807, 2.05) is 59.2 Å². The number of likely N-dealkylation sites (N-methyl/N-ethyl adjacent to an activating group) is 1. The van der Waals surface area contributed by atoms with Gasteiger partial charge in [-0.25, -0.2) is 0 Å². The van der Waals surface area contributed by atoms with Crippen molar-refractivity contribution in [1.29, 1.82) is 0 Å². The number of amides is 2. The van der Waals surface area contributed by atoms with E-state index in [2.05, 4.69) is 25.8 Å². The van der Waals surface area contributed by atoms with Crippen LogP contribution in [0.15, 0.2) is 46.9 Å². The molecule has 2 amide bonds. The van der Waals surface area contributed by atoms with Crippen LogP contribution in [0.2, 0.25) is 0 Å². The quantitative estimate of drug-likeness (QED) is 0.508. The van der Waals surface area contributed by atoms with Gasteiger partial charge in [-0.2, -0.15) is 0 Å². The maximum absolute atomic E-state index is 13.9. The van der Waals surface area contributed by atoms with Gasteiger partial charge in [-0.3, -0.25) is 9.59 Å². The largest absolute Gasteiger partial charge is 0.497 e. The second kappa shape index (κ2) is 11.2. The van der Waals surface area contributed by atoms with Crippen molar-refractivity contribution in [1.82, 2.24) is 9.80 Å². The minimum atomic E-state index is -0.148. The number of anilines is 1. The molecule has 0 N–H and O–H groups in total. The Bertz CT molecular complexity index is 1230. The molecule has 7 nitrogen and oxygen atoms in total. The fraction of sp³-hybridized carbons (Fsp3) is 0.448. The molecule has 0 bridgehead atoms. The van der Waals surface area contributed by atoms with Gasteiger partial charge in [0.25, 0.3) is 5.91 Å². The molecule has 2 aromatic carbocycles. The summed E-state index contributed by atoms with van der Waals surface area (Å²) in [5, 5.41) is 0.874. The second-order valence-electron chi connectivity index (χ2n) is 10.1. The molecule has 0 atom stereocenters. The highest BCUT2D eigenvalue weighted by Crippen LogP contribution is 2.31. The molecule has 1 aliphatic rings. The van der Waals surface area contributed by atoms with E-state index in [0.29, 0.717) is 37.4 Å². The average molecular weight is 492 g/mol. The number of hydrogen-bond donors (Lipinski definition) is 0. The van der Waals surface area contributed by atoms with Gasteiger partial charge in [0.15, 0.2) is 5.76 Å². The van der Waals surface area contributed by atoms with Crippen LogP contribution < -0.4 is 9.64 Å². The maximum Gasteiger partial charge on any atom is 0.290 e. The first-order valence-electron chi connectivity index (χ1n) is 12.7. The Kier molecular flexibility index (Phi) is 7.99. The number of carbonyl (C=O) groups is 2. The number of furan rings is 1. The first kappa shape index (κ1) is 25.8. The molecule has 4 rings (SSSR count). The molecule has 0 fully saturated rings. The van der Waals surface area contributed by atoms with Crippen LogP contribution in [-0.2, 0) is 11.3 Å². The van der Waals surface area contributed by atoms with Crippen molar-refractivity contribution in [2.24, 2.45) is 5.92 Å². The fourth-order valence-corrected chi connectivity index (χ4v) is 4.78. The molecule has 0 saturated heterocycles. The van der Waals surface area contributed by atoms with Crippen molar-refractivity contribution in [3.63, 3.8) is 0 Å². The summed E-state index contributed by atoms with van der Waals surface area (Å²) in [5.41, 5.74) is 3.32. The van der Waals surface area contributed by atoms with Crippen LogP contribution in [0.25, 0.3) is 11.0 Å². The molecular weight excluding hydrogens is 454 g/mol. The lowest BCUT2D eigenvalue weighted by molar-refractivity contribution is -0.119. The van der Waals surface area contributed by atoms with E-state index >= 15 is 0 Å². The zero-order valence-electron chi connectivity index (χ0n) is 22.0. The van der Waals surface area contributed by atoms with E-state index in [1.165, 1.54) is 0 Å². The Labute approximate surface area is 213 Å². The van der Waals surface area contributed by atoms with Crippen molar-refractivity contribution in [2.45, 2.75) is 40.2 Å². The number of hydrogen-bond acceptors (Lipinski definition) is 5. The van der Waals surface area contributed by atoms with Crippen molar-refractivity contribution in [3.8, 4) is 5.75 Å². The molecule has 0 radical (unpaired) electrons. The number of nitrogens with zero attached hydrogens (tertiary/aromatic N) is 3. The predicted molar refractivity (Wildman–Crippen MR) is 143 cm³/mol. The lowest BCUT2D eigenvalue weighted by Crippen LogP contribution is -2.37. The van der Waals surface area contributed by atoms with E-state index in [9.17, 15) is 9.59 Å². The number of benzene rings is 2. The summed E-state index contributed by atoms with van der Waals surface area (Å²) in [5.74, 6) is 1.33. The van der Waals surface area contributed by atoms with Gasteiger partial charge in [0.2, 0.25) is 5.91 Å². The highest BCUT2D eigenvalue weighted by molar-refractivity contribution is 5.99. The van der Waals surface area contributed by atoms with E-state index < -0.39 is 0 Å². The van der Waals surface area contributed by atoms with Gasteiger partial charge in [0, 0.05) is 49.2 Å². The molecular formula is C29H37N3O4.